The van der Waals surface area contributed by atoms with Crippen molar-refractivity contribution < 1.29 is 47.5 Å². The van der Waals surface area contributed by atoms with E-state index in [0.717, 1.165) is 56.0 Å². The maximum atomic E-state index is 12.7. The summed E-state index contributed by atoms with van der Waals surface area (Å²) >= 11 is 0. The fourth-order valence-electron chi connectivity index (χ4n) is 6.78. The normalized spacial score (nSPS) is 12.2. The van der Waals surface area contributed by atoms with Crippen LogP contribution in [0.4, 0.5) is 0 Å². The second-order valence-corrected chi connectivity index (χ2v) is 16.1. The number of unbranched alkanes of at least 4 members (excludes halogenated alkanes) is 19. The molecule has 6 heteroatoms. The summed E-state index contributed by atoms with van der Waals surface area (Å²) in [6.07, 6.45) is 36.6. The van der Waals surface area contributed by atoms with E-state index in [2.05, 4.69) is 41.9 Å². The second-order valence-electron chi connectivity index (χ2n) is 16.1. The van der Waals surface area contributed by atoms with Gasteiger partial charge in [-0.25, -0.2) is 0 Å². The topological polar surface area (TPSA) is 52.6 Å². The Morgan fingerprint density at radius 1 is 0.469 bits per heavy atom. The second kappa shape index (κ2) is 37.4. The Kier molecular flexibility index (Phi) is 38.7. The first-order chi connectivity index (χ1) is 23.2. The molecule has 0 rings (SSSR count). The van der Waals surface area contributed by atoms with Gasteiger partial charge in [-0.3, -0.25) is 9.59 Å². The van der Waals surface area contributed by atoms with Crippen molar-refractivity contribution >= 4 is 11.9 Å². The van der Waals surface area contributed by atoms with E-state index in [0.29, 0.717) is 25.4 Å². The minimum Gasteiger partial charge on any atom is -1.00 e. The number of esters is 2. The van der Waals surface area contributed by atoms with Gasteiger partial charge < -0.3 is 37.9 Å². The van der Waals surface area contributed by atoms with E-state index in [-0.39, 0.29) is 42.0 Å². The van der Waals surface area contributed by atoms with Gasteiger partial charge in [0.2, 0.25) is 0 Å². The Hall–Kier alpha value is -0.370. The largest absolute Gasteiger partial charge is 1.00 e. The molecule has 0 aliphatic rings. The number of hydrogen-bond acceptors (Lipinski definition) is 4. The van der Waals surface area contributed by atoms with Crippen molar-refractivity contribution in [3.8, 4) is 0 Å². The summed E-state index contributed by atoms with van der Waals surface area (Å²) in [5.74, 6) is 0.634. The molecule has 0 fully saturated rings. The van der Waals surface area contributed by atoms with Crippen LogP contribution in [0.3, 0.4) is 0 Å². The molecule has 0 aliphatic heterocycles. The molecular weight excluding hydrogens is 721 g/mol. The van der Waals surface area contributed by atoms with Crippen molar-refractivity contribution in [3.05, 3.63) is 0 Å². The van der Waals surface area contributed by atoms with Gasteiger partial charge in [-0.15, -0.1) is 0 Å². The van der Waals surface area contributed by atoms with E-state index in [1.54, 1.807) is 0 Å². The number of nitrogens with zero attached hydrogens (tertiary/aromatic N) is 1. The van der Waals surface area contributed by atoms with E-state index >= 15 is 0 Å². The maximum Gasteiger partial charge on any atom is 0.306 e. The summed E-state index contributed by atoms with van der Waals surface area (Å²) in [4.78, 5) is 25.1. The number of carbonyl (C=O) groups is 2. The summed E-state index contributed by atoms with van der Waals surface area (Å²) in [5, 5.41) is 0. The predicted molar refractivity (Wildman–Crippen MR) is 207 cm³/mol. The molecule has 0 aliphatic carbocycles. The van der Waals surface area contributed by atoms with Crippen LogP contribution in [-0.2, 0) is 19.1 Å². The summed E-state index contributed by atoms with van der Waals surface area (Å²) in [6.45, 7) is 8.46. The van der Waals surface area contributed by atoms with Gasteiger partial charge in [0, 0.05) is 12.8 Å². The van der Waals surface area contributed by atoms with Crippen LogP contribution < -0.4 is 24.0 Å². The van der Waals surface area contributed by atoms with Crippen molar-refractivity contribution in [2.75, 3.05) is 34.3 Å². The highest BCUT2D eigenvalue weighted by atomic mass is 127. The summed E-state index contributed by atoms with van der Waals surface area (Å²) in [5.41, 5.74) is 0. The van der Waals surface area contributed by atoms with Gasteiger partial charge in [0.15, 0.2) is 0 Å². The fraction of sp³-hybridized carbons (Fsp3) is 0.953. The molecule has 0 aromatic heterocycles. The van der Waals surface area contributed by atoms with Crippen LogP contribution in [0, 0.1) is 5.92 Å². The molecule has 0 aromatic carbocycles. The molecule has 5 nitrogen and oxygen atoms in total. The lowest BCUT2D eigenvalue weighted by molar-refractivity contribution is -0.870. The van der Waals surface area contributed by atoms with E-state index in [9.17, 15) is 9.59 Å². The number of halogens is 1. The zero-order valence-corrected chi connectivity index (χ0v) is 36.1. The Labute approximate surface area is 324 Å². The monoisotopic (exact) mass is 808 g/mol. The van der Waals surface area contributed by atoms with Gasteiger partial charge in [-0.2, -0.15) is 0 Å². The van der Waals surface area contributed by atoms with Crippen LogP contribution in [0.5, 0.6) is 0 Å². The molecule has 0 heterocycles. The van der Waals surface area contributed by atoms with Gasteiger partial charge in [-0.05, 0) is 57.3 Å². The van der Waals surface area contributed by atoms with E-state index in [1.165, 1.54) is 141 Å². The van der Waals surface area contributed by atoms with Crippen LogP contribution in [0.15, 0.2) is 0 Å². The molecule has 0 spiro atoms. The van der Waals surface area contributed by atoms with Crippen molar-refractivity contribution in [2.45, 2.75) is 226 Å². The fourth-order valence-corrected chi connectivity index (χ4v) is 6.78. The highest BCUT2D eigenvalue weighted by molar-refractivity contribution is 5.69. The van der Waals surface area contributed by atoms with E-state index in [4.69, 9.17) is 9.47 Å². The van der Waals surface area contributed by atoms with Crippen LogP contribution in [0.25, 0.3) is 0 Å². The Morgan fingerprint density at radius 2 is 0.857 bits per heavy atom. The van der Waals surface area contributed by atoms with Crippen LogP contribution >= 0.6 is 0 Å². The minimum absolute atomic E-state index is 0. The third-order valence-electron chi connectivity index (χ3n) is 10.0. The van der Waals surface area contributed by atoms with Crippen molar-refractivity contribution in [3.63, 3.8) is 0 Å². The lowest BCUT2D eigenvalue weighted by Crippen LogP contribution is -3.00. The average molecular weight is 808 g/mol. The Morgan fingerprint density at radius 3 is 1.33 bits per heavy atom. The van der Waals surface area contributed by atoms with Gasteiger partial charge in [0.05, 0.1) is 34.3 Å². The zero-order valence-electron chi connectivity index (χ0n) is 33.9. The first-order valence-electron chi connectivity index (χ1n) is 21.4. The molecule has 0 amide bonds. The first kappa shape index (κ1) is 50.7. The molecule has 1 atom stereocenters. The molecule has 0 saturated heterocycles. The van der Waals surface area contributed by atoms with Crippen LogP contribution in [0.1, 0.15) is 220 Å². The SMILES string of the molecule is CCCCCCCCCCC(CCCCCCC(=O)OC(CCCCCCC)CCCCCCC)CCOC(=O)CCCC[N+](C)(C)C.[I-]. The van der Waals surface area contributed by atoms with Gasteiger partial charge in [0.1, 0.15) is 6.10 Å². The third kappa shape index (κ3) is 38.7. The molecule has 0 saturated carbocycles. The average Bonchev–Trinajstić information content (AvgIpc) is 3.04. The van der Waals surface area contributed by atoms with Crippen molar-refractivity contribution in [2.24, 2.45) is 5.92 Å². The zero-order chi connectivity index (χ0) is 35.6. The van der Waals surface area contributed by atoms with Crippen molar-refractivity contribution in [1.82, 2.24) is 0 Å². The quantitative estimate of drug-likeness (QED) is 0.0272. The van der Waals surface area contributed by atoms with Gasteiger partial charge in [0.25, 0.3) is 0 Å². The molecule has 0 radical (unpaired) electrons. The third-order valence-corrected chi connectivity index (χ3v) is 10.0. The number of ether oxygens (including phenoxy) is 2. The highest BCUT2D eigenvalue weighted by Crippen LogP contribution is 2.23. The predicted octanol–water partition coefficient (Wildman–Crippen LogP) is 9.92. The van der Waals surface area contributed by atoms with E-state index in [1.807, 2.05) is 0 Å². The Balaban J connectivity index is 0. The molecule has 0 aromatic rings. The van der Waals surface area contributed by atoms with Crippen molar-refractivity contribution in [1.29, 1.82) is 0 Å². The summed E-state index contributed by atoms with van der Waals surface area (Å²) < 4.78 is 12.6. The van der Waals surface area contributed by atoms with Crippen LogP contribution in [0.2, 0.25) is 0 Å². The molecule has 49 heavy (non-hydrogen) atoms. The summed E-state index contributed by atoms with van der Waals surface area (Å²) in [6, 6.07) is 0. The summed E-state index contributed by atoms with van der Waals surface area (Å²) in [7, 11) is 6.59. The maximum absolute atomic E-state index is 12.7. The van der Waals surface area contributed by atoms with E-state index < -0.39 is 0 Å². The van der Waals surface area contributed by atoms with Gasteiger partial charge >= 0.3 is 11.9 Å². The number of hydrogen-bond donors (Lipinski definition) is 0. The number of carbonyl (C=O) groups excluding carboxylic acids is 2. The molecule has 1 unspecified atom stereocenters. The van der Waals surface area contributed by atoms with Gasteiger partial charge in [-0.1, -0.05) is 156 Å². The minimum atomic E-state index is -0.0238. The Bertz CT molecular complexity index is 696. The molecule has 0 bridgehead atoms. The molecular formula is C43H86INO4. The lowest BCUT2D eigenvalue weighted by atomic mass is 9.91. The molecule has 0 N–H and O–H groups in total. The standard InChI is InChI=1S/C43H86NO4.HI/c1-7-10-13-16-17-18-21-24-31-40(37-39-47-42(45)35-29-30-38-44(4,5)6)32-25-22-23-28-36-43(46)48-41(33-26-19-14-11-8-2)34-27-20-15-12-9-3;/h40-41H,7-39H2,1-6H3;1H/q+1;/p-1. The number of rotatable bonds is 37. The smallest absolute Gasteiger partial charge is 0.306 e. The first-order valence-corrected chi connectivity index (χ1v) is 21.4. The highest BCUT2D eigenvalue weighted by Gasteiger charge is 2.15. The molecule has 294 valence electrons. The lowest BCUT2D eigenvalue weighted by Gasteiger charge is -2.23. The van der Waals surface area contributed by atoms with Crippen LogP contribution in [-0.4, -0.2) is 56.8 Å². The number of quaternary nitrogens is 1.